The zero-order valence-electron chi connectivity index (χ0n) is 18.3. The lowest BCUT2D eigenvalue weighted by Crippen LogP contribution is -2.17. The Morgan fingerprint density at radius 2 is 1.94 bits per heavy atom. The van der Waals surface area contributed by atoms with Crippen LogP contribution in [0.2, 0.25) is 0 Å². The Balaban J connectivity index is 1.57. The van der Waals surface area contributed by atoms with E-state index in [-0.39, 0.29) is 17.0 Å². The number of anilines is 2. The summed E-state index contributed by atoms with van der Waals surface area (Å²) >= 11 is 0. The van der Waals surface area contributed by atoms with Crippen LogP contribution in [0.5, 0.6) is 0 Å². The maximum atomic E-state index is 13.1. The molecule has 1 aliphatic rings. The summed E-state index contributed by atoms with van der Waals surface area (Å²) in [6.07, 6.45) is 3.61. The molecule has 5 rings (SSSR count). The number of nitrogens with zero attached hydrogens (tertiary/aromatic N) is 2. The summed E-state index contributed by atoms with van der Waals surface area (Å²) in [6, 6.07) is 13.8. The third-order valence-corrected chi connectivity index (χ3v) is 6.02. The molecule has 2 aromatic carbocycles. The molecule has 33 heavy (non-hydrogen) atoms. The average molecular weight is 441 g/mol. The number of hydrogen-bond donors (Lipinski definition) is 2. The van der Waals surface area contributed by atoms with Gasteiger partial charge in [-0.05, 0) is 54.8 Å². The van der Waals surface area contributed by atoms with Crippen LogP contribution in [0.25, 0.3) is 11.0 Å². The molecular weight excluding hydrogens is 418 g/mol. The Bertz CT molecular complexity index is 1420. The molecule has 0 amide bonds. The van der Waals surface area contributed by atoms with Crippen LogP contribution in [0.15, 0.2) is 70.1 Å². The second kappa shape index (κ2) is 8.09. The lowest BCUT2D eigenvalue weighted by atomic mass is 10.0. The van der Waals surface area contributed by atoms with Gasteiger partial charge in [-0.15, -0.1) is 0 Å². The predicted molar refractivity (Wildman–Crippen MR) is 127 cm³/mol. The normalized spacial score (nSPS) is 13.7. The molecule has 1 atom stereocenters. The van der Waals surface area contributed by atoms with Gasteiger partial charge in [0.15, 0.2) is 5.43 Å². The van der Waals surface area contributed by atoms with Crippen molar-refractivity contribution in [3.63, 3.8) is 0 Å². The Labute approximate surface area is 190 Å². The van der Waals surface area contributed by atoms with Crippen molar-refractivity contribution < 1.29 is 14.3 Å². The maximum Gasteiger partial charge on any atom is 0.337 e. The number of carbonyl (C=O) groups is 1. The number of nitrogens with one attached hydrogen (secondary N) is 1. The van der Waals surface area contributed by atoms with Crippen LogP contribution in [-0.2, 0) is 13.1 Å². The topological polar surface area (TPSA) is 95.7 Å². The minimum atomic E-state index is -1.00. The van der Waals surface area contributed by atoms with Gasteiger partial charge in [-0.2, -0.15) is 0 Å². The van der Waals surface area contributed by atoms with Crippen LogP contribution in [0.1, 0.15) is 45.6 Å². The van der Waals surface area contributed by atoms with E-state index in [1.165, 1.54) is 0 Å². The SMILES string of the molecule is Cc1cc([C@@H](C)Nc2ccccc2C(=O)O)c2oc(N3Cc4ccncc4C3)cc(=O)c2c1. The van der Waals surface area contributed by atoms with Crippen molar-refractivity contribution in [1.29, 1.82) is 0 Å². The van der Waals surface area contributed by atoms with E-state index >= 15 is 0 Å². The molecule has 0 bridgehead atoms. The molecular formula is C26H23N3O4. The van der Waals surface area contributed by atoms with Gasteiger partial charge in [-0.25, -0.2) is 4.79 Å². The number of fused-ring (bicyclic) bond motifs is 2. The highest BCUT2D eigenvalue weighted by Gasteiger charge is 2.23. The van der Waals surface area contributed by atoms with Crippen LogP contribution < -0.4 is 15.6 Å². The minimum absolute atomic E-state index is 0.108. The molecule has 3 heterocycles. The first-order valence-corrected chi connectivity index (χ1v) is 10.7. The van der Waals surface area contributed by atoms with Gasteiger partial charge in [-0.1, -0.05) is 18.2 Å². The van der Waals surface area contributed by atoms with E-state index in [0.717, 1.165) is 22.3 Å². The van der Waals surface area contributed by atoms with Crippen LogP contribution >= 0.6 is 0 Å². The number of carboxylic acid groups (broad SMARTS) is 1. The van der Waals surface area contributed by atoms with Crippen LogP contribution in [0.4, 0.5) is 11.6 Å². The zero-order valence-corrected chi connectivity index (χ0v) is 18.3. The molecule has 0 fully saturated rings. The van der Waals surface area contributed by atoms with Crippen molar-refractivity contribution in [2.45, 2.75) is 33.0 Å². The van der Waals surface area contributed by atoms with E-state index in [1.54, 1.807) is 36.5 Å². The fourth-order valence-corrected chi connectivity index (χ4v) is 4.38. The van der Waals surface area contributed by atoms with E-state index in [4.69, 9.17) is 4.42 Å². The van der Waals surface area contributed by atoms with Crippen molar-refractivity contribution >= 4 is 28.5 Å². The van der Waals surface area contributed by atoms with Crippen molar-refractivity contribution in [2.24, 2.45) is 0 Å². The van der Waals surface area contributed by atoms with E-state index < -0.39 is 5.97 Å². The van der Waals surface area contributed by atoms with Crippen LogP contribution in [0, 0.1) is 6.92 Å². The highest BCUT2D eigenvalue weighted by atomic mass is 16.4. The number of carboxylic acids is 1. The first-order valence-electron chi connectivity index (χ1n) is 10.7. The summed E-state index contributed by atoms with van der Waals surface area (Å²) in [5.74, 6) is -0.497. The van der Waals surface area contributed by atoms with E-state index in [2.05, 4.69) is 10.3 Å². The van der Waals surface area contributed by atoms with Gasteiger partial charge < -0.3 is 19.7 Å². The van der Waals surface area contributed by atoms with E-state index in [1.807, 2.05) is 43.1 Å². The summed E-state index contributed by atoms with van der Waals surface area (Å²) in [5, 5.41) is 13.3. The second-order valence-electron chi connectivity index (χ2n) is 8.40. The molecule has 0 saturated heterocycles. The third-order valence-electron chi connectivity index (χ3n) is 6.02. The molecule has 2 aromatic heterocycles. The summed E-state index contributed by atoms with van der Waals surface area (Å²) in [7, 11) is 0. The quantitative estimate of drug-likeness (QED) is 0.455. The van der Waals surface area contributed by atoms with Gasteiger partial charge in [0.1, 0.15) is 5.58 Å². The van der Waals surface area contributed by atoms with Gasteiger partial charge in [0.2, 0.25) is 5.88 Å². The van der Waals surface area contributed by atoms with Gasteiger partial charge in [0, 0.05) is 42.8 Å². The number of benzene rings is 2. The van der Waals surface area contributed by atoms with Gasteiger partial charge in [0.05, 0.1) is 17.0 Å². The number of hydrogen-bond acceptors (Lipinski definition) is 6. The zero-order chi connectivity index (χ0) is 23.1. The minimum Gasteiger partial charge on any atom is -0.478 e. The van der Waals surface area contributed by atoms with E-state index in [0.29, 0.717) is 35.6 Å². The first-order chi connectivity index (χ1) is 15.9. The average Bonchev–Trinajstić information content (AvgIpc) is 3.23. The predicted octanol–water partition coefficient (Wildman–Crippen LogP) is 4.89. The molecule has 166 valence electrons. The summed E-state index contributed by atoms with van der Waals surface area (Å²) in [6.45, 7) is 5.13. The number of rotatable bonds is 5. The Morgan fingerprint density at radius 1 is 1.15 bits per heavy atom. The monoisotopic (exact) mass is 441 g/mol. The van der Waals surface area contributed by atoms with Crippen molar-refractivity contribution in [1.82, 2.24) is 4.98 Å². The van der Waals surface area contributed by atoms with Crippen molar-refractivity contribution in [3.8, 4) is 0 Å². The third kappa shape index (κ3) is 3.82. The number of aryl methyl sites for hydroxylation is 1. The molecule has 2 N–H and O–H groups in total. The molecule has 7 heteroatoms. The highest BCUT2D eigenvalue weighted by molar-refractivity contribution is 5.94. The first kappa shape index (κ1) is 20.8. The standard InChI is InChI=1S/C26H23N3O4/c1-15-9-20(16(2)28-22-6-4-3-5-19(22)26(31)32)25-21(10-15)23(30)11-24(33-25)29-13-17-7-8-27-12-18(17)14-29/h3-12,16,28H,13-14H2,1-2H3,(H,31,32)/t16-/m1/s1. The largest absolute Gasteiger partial charge is 0.478 e. The number of aromatic carboxylic acids is 1. The van der Waals surface area contributed by atoms with Crippen molar-refractivity contribution in [3.05, 3.63) is 99.0 Å². The fraction of sp³-hybridized carbons (Fsp3) is 0.192. The number of aromatic nitrogens is 1. The van der Waals surface area contributed by atoms with Crippen LogP contribution in [-0.4, -0.2) is 16.1 Å². The Hall–Kier alpha value is -4.13. The maximum absolute atomic E-state index is 13.1. The second-order valence-corrected chi connectivity index (χ2v) is 8.40. The van der Waals surface area contributed by atoms with Gasteiger partial charge in [-0.3, -0.25) is 9.78 Å². The Kier molecular flexibility index (Phi) is 5.09. The molecule has 0 unspecified atom stereocenters. The van der Waals surface area contributed by atoms with Crippen LogP contribution in [0.3, 0.4) is 0 Å². The lowest BCUT2D eigenvalue weighted by Gasteiger charge is -2.21. The molecule has 7 nitrogen and oxygen atoms in total. The fourth-order valence-electron chi connectivity index (χ4n) is 4.38. The van der Waals surface area contributed by atoms with Crippen molar-refractivity contribution in [2.75, 3.05) is 10.2 Å². The Morgan fingerprint density at radius 3 is 2.73 bits per heavy atom. The number of pyridine rings is 1. The molecule has 0 saturated carbocycles. The van der Waals surface area contributed by atoms with Gasteiger partial charge >= 0.3 is 5.97 Å². The summed E-state index contributed by atoms with van der Waals surface area (Å²) in [4.78, 5) is 30.9. The molecule has 1 aliphatic heterocycles. The molecule has 0 spiro atoms. The molecule has 0 radical (unpaired) electrons. The smallest absolute Gasteiger partial charge is 0.337 e. The summed E-state index contributed by atoms with van der Waals surface area (Å²) in [5.41, 5.74) is 5.09. The summed E-state index contributed by atoms with van der Waals surface area (Å²) < 4.78 is 6.33. The number of para-hydroxylation sites is 1. The van der Waals surface area contributed by atoms with Gasteiger partial charge in [0.25, 0.3) is 0 Å². The molecule has 0 aliphatic carbocycles. The lowest BCUT2D eigenvalue weighted by molar-refractivity contribution is 0.0698. The molecule has 4 aromatic rings. The van der Waals surface area contributed by atoms with E-state index in [9.17, 15) is 14.7 Å². The highest BCUT2D eigenvalue weighted by Crippen LogP contribution is 2.33.